The summed E-state index contributed by atoms with van der Waals surface area (Å²) in [4.78, 5) is 0. The van der Waals surface area contributed by atoms with Crippen LogP contribution >= 0.6 is 11.6 Å². The summed E-state index contributed by atoms with van der Waals surface area (Å²) in [6.45, 7) is 2.11. The maximum Gasteiger partial charge on any atom is 0.123 e. The van der Waals surface area contributed by atoms with Crippen LogP contribution in [0.15, 0.2) is 42.5 Å². The summed E-state index contributed by atoms with van der Waals surface area (Å²) in [6, 6.07) is 12.9. The molecule has 0 aromatic heterocycles. The van der Waals surface area contributed by atoms with Gasteiger partial charge in [0.05, 0.1) is 0 Å². The lowest BCUT2D eigenvalue weighted by molar-refractivity contribution is 0.625. The van der Waals surface area contributed by atoms with Crippen LogP contribution in [0.2, 0.25) is 5.02 Å². The van der Waals surface area contributed by atoms with Gasteiger partial charge in [-0.15, -0.1) is 0 Å². The first-order valence-electron chi connectivity index (χ1n) is 6.21. The fourth-order valence-corrected chi connectivity index (χ4v) is 2.28. The second-order valence-electron chi connectivity index (χ2n) is 4.41. The highest BCUT2D eigenvalue weighted by Gasteiger charge is 2.03. The Kier molecular flexibility index (Phi) is 4.38. The molecule has 0 fully saturated rings. The predicted octanol–water partition coefficient (Wildman–Crippen LogP) is 4.83. The van der Waals surface area contributed by atoms with Crippen LogP contribution in [0.5, 0.6) is 0 Å². The normalized spacial score (nSPS) is 10.6. The fraction of sp³-hybridized carbons (Fsp3) is 0.250. The highest BCUT2D eigenvalue weighted by Crippen LogP contribution is 2.20. The van der Waals surface area contributed by atoms with Gasteiger partial charge in [0, 0.05) is 5.02 Å². The van der Waals surface area contributed by atoms with Crippen molar-refractivity contribution in [2.24, 2.45) is 0 Å². The Morgan fingerprint density at radius 1 is 1.00 bits per heavy atom. The number of hydrogen-bond acceptors (Lipinski definition) is 0. The van der Waals surface area contributed by atoms with Gasteiger partial charge in [0.25, 0.3) is 0 Å². The average Bonchev–Trinajstić information content (AvgIpc) is 2.37. The third-order valence-corrected chi connectivity index (χ3v) is 3.45. The Balaban J connectivity index is 2.06. The van der Waals surface area contributed by atoms with E-state index in [2.05, 4.69) is 19.1 Å². The van der Waals surface area contributed by atoms with Crippen LogP contribution in [0.25, 0.3) is 0 Å². The van der Waals surface area contributed by atoms with Gasteiger partial charge in [0.2, 0.25) is 0 Å². The third kappa shape index (κ3) is 3.33. The van der Waals surface area contributed by atoms with Crippen molar-refractivity contribution in [3.63, 3.8) is 0 Å². The van der Waals surface area contributed by atoms with Gasteiger partial charge in [0.1, 0.15) is 5.82 Å². The van der Waals surface area contributed by atoms with Gasteiger partial charge in [0.15, 0.2) is 0 Å². The van der Waals surface area contributed by atoms with E-state index in [0.29, 0.717) is 0 Å². The molecule has 0 aliphatic heterocycles. The summed E-state index contributed by atoms with van der Waals surface area (Å²) >= 11 is 6.23. The molecule has 0 amide bonds. The summed E-state index contributed by atoms with van der Waals surface area (Å²) in [5, 5.41) is 0.811. The molecule has 0 saturated heterocycles. The van der Waals surface area contributed by atoms with Gasteiger partial charge < -0.3 is 0 Å². The molecular formula is C16H16ClF. The lowest BCUT2D eigenvalue weighted by Gasteiger charge is -2.06. The highest BCUT2D eigenvalue weighted by molar-refractivity contribution is 6.31. The summed E-state index contributed by atoms with van der Waals surface area (Å²) in [5.74, 6) is -0.181. The number of rotatable bonds is 4. The maximum absolute atomic E-state index is 13.0. The summed E-state index contributed by atoms with van der Waals surface area (Å²) in [7, 11) is 0. The van der Waals surface area contributed by atoms with Crippen LogP contribution in [0.1, 0.15) is 23.6 Å². The van der Waals surface area contributed by atoms with Crippen molar-refractivity contribution in [2.75, 3.05) is 0 Å². The molecular weight excluding hydrogens is 247 g/mol. The van der Waals surface area contributed by atoms with Crippen molar-refractivity contribution in [1.29, 1.82) is 0 Å². The molecule has 0 aliphatic carbocycles. The monoisotopic (exact) mass is 262 g/mol. The smallest absolute Gasteiger partial charge is 0.123 e. The molecule has 2 aromatic carbocycles. The van der Waals surface area contributed by atoms with Gasteiger partial charge >= 0.3 is 0 Å². The van der Waals surface area contributed by atoms with E-state index < -0.39 is 0 Å². The summed E-state index contributed by atoms with van der Waals surface area (Å²) < 4.78 is 13.0. The van der Waals surface area contributed by atoms with Crippen molar-refractivity contribution >= 4 is 11.6 Å². The van der Waals surface area contributed by atoms with E-state index in [4.69, 9.17) is 11.6 Å². The molecule has 0 radical (unpaired) electrons. The third-order valence-electron chi connectivity index (χ3n) is 3.10. The molecule has 0 nitrogen and oxygen atoms in total. The number of aryl methyl sites for hydroxylation is 3. The van der Waals surface area contributed by atoms with Crippen LogP contribution < -0.4 is 0 Å². The van der Waals surface area contributed by atoms with E-state index in [0.717, 1.165) is 35.4 Å². The highest BCUT2D eigenvalue weighted by atomic mass is 35.5. The molecule has 94 valence electrons. The number of halogens is 2. The van der Waals surface area contributed by atoms with Crippen molar-refractivity contribution in [3.8, 4) is 0 Å². The second-order valence-corrected chi connectivity index (χ2v) is 4.82. The molecule has 0 bridgehead atoms. The van der Waals surface area contributed by atoms with Gasteiger partial charge in [-0.3, -0.25) is 0 Å². The van der Waals surface area contributed by atoms with Crippen LogP contribution in [-0.2, 0) is 19.3 Å². The number of hydrogen-bond donors (Lipinski definition) is 0. The van der Waals surface area contributed by atoms with Crippen molar-refractivity contribution in [1.82, 2.24) is 0 Å². The van der Waals surface area contributed by atoms with Crippen molar-refractivity contribution < 1.29 is 4.39 Å². The predicted molar refractivity (Wildman–Crippen MR) is 74.6 cm³/mol. The molecule has 0 spiro atoms. The molecule has 0 saturated carbocycles. The zero-order chi connectivity index (χ0) is 13.0. The largest absolute Gasteiger partial charge is 0.207 e. The minimum absolute atomic E-state index is 0.181. The topological polar surface area (TPSA) is 0 Å². The molecule has 0 atom stereocenters. The molecule has 0 N–H and O–H groups in total. The fourth-order valence-electron chi connectivity index (χ4n) is 1.98. The van der Waals surface area contributed by atoms with Gasteiger partial charge in [-0.2, -0.15) is 0 Å². The van der Waals surface area contributed by atoms with Crippen molar-refractivity contribution in [2.45, 2.75) is 26.2 Å². The minimum atomic E-state index is -0.181. The van der Waals surface area contributed by atoms with Gasteiger partial charge in [-0.25, -0.2) is 4.39 Å². The molecule has 2 rings (SSSR count). The van der Waals surface area contributed by atoms with E-state index in [-0.39, 0.29) is 5.82 Å². The van der Waals surface area contributed by atoms with Crippen LogP contribution in [0, 0.1) is 5.82 Å². The van der Waals surface area contributed by atoms with E-state index in [1.807, 2.05) is 12.1 Å². The zero-order valence-electron chi connectivity index (χ0n) is 10.4. The Morgan fingerprint density at radius 2 is 1.83 bits per heavy atom. The number of benzene rings is 2. The van der Waals surface area contributed by atoms with E-state index in [1.165, 1.54) is 11.6 Å². The summed E-state index contributed by atoms with van der Waals surface area (Å²) in [5.41, 5.74) is 3.37. The Labute approximate surface area is 112 Å². The summed E-state index contributed by atoms with van der Waals surface area (Å²) in [6.07, 6.45) is 2.64. The van der Waals surface area contributed by atoms with Gasteiger partial charge in [-0.1, -0.05) is 42.8 Å². The lowest BCUT2D eigenvalue weighted by atomic mass is 10.0. The maximum atomic E-state index is 13.0. The van der Waals surface area contributed by atoms with E-state index >= 15 is 0 Å². The Bertz CT molecular complexity index is 534. The average molecular weight is 263 g/mol. The zero-order valence-corrected chi connectivity index (χ0v) is 11.2. The van der Waals surface area contributed by atoms with E-state index in [1.54, 1.807) is 12.1 Å². The minimum Gasteiger partial charge on any atom is -0.207 e. The second kappa shape index (κ2) is 6.01. The van der Waals surface area contributed by atoms with Crippen molar-refractivity contribution in [3.05, 3.63) is 70.0 Å². The van der Waals surface area contributed by atoms with Crippen LogP contribution in [0.4, 0.5) is 4.39 Å². The Hall–Kier alpha value is -1.34. The molecule has 2 aromatic rings. The van der Waals surface area contributed by atoms with Crippen LogP contribution in [-0.4, -0.2) is 0 Å². The first-order valence-corrected chi connectivity index (χ1v) is 6.58. The first kappa shape index (κ1) is 13.1. The molecule has 2 heteroatoms. The molecule has 18 heavy (non-hydrogen) atoms. The molecule has 0 heterocycles. The first-order chi connectivity index (χ1) is 8.69. The van der Waals surface area contributed by atoms with E-state index in [9.17, 15) is 4.39 Å². The van der Waals surface area contributed by atoms with Crippen LogP contribution in [0.3, 0.4) is 0 Å². The SMILES string of the molecule is CCc1ccc(CCc2cccc(F)c2)c(Cl)c1. The molecule has 0 unspecified atom stereocenters. The lowest BCUT2D eigenvalue weighted by Crippen LogP contribution is -1.94. The quantitative estimate of drug-likeness (QED) is 0.741. The molecule has 0 aliphatic rings. The van der Waals surface area contributed by atoms with Gasteiger partial charge in [-0.05, 0) is 54.2 Å². The Morgan fingerprint density at radius 3 is 2.50 bits per heavy atom. The standard InChI is InChI=1S/C16H16ClF/c1-2-12-6-8-14(16(17)11-12)9-7-13-4-3-5-15(18)10-13/h3-6,8,10-11H,2,7,9H2,1H3.